The molecule has 4 aromatic rings. The van der Waals surface area contributed by atoms with E-state index < -0.39 is 5.91 Å². The molecule has 4 rings (SSSR count). The van der Waals surface area contributed by atoms with Gasteiger partial charge in [0.15, 0.2) is 11.5 Å². The number of halogens is 2. The van der Waals surface area contributed by atoms with Crippen molar-refractivity contribution in [1.82, 2.24) is 14.9 Å². The van der Waals surface area contributed by atoms with Crippen LogP contribution >= 0.6 is 11.6 Å². The highest BCUT2D eigenvalue weighted by atomic mass is 35.5. The molecule has 0 saturated carbocycles. The topological polar surface area (TPSA) is 82.2 Å². The summed E-state index contributed by atoms with van der Waals surface area (Å²) in [7, 11) is 0. The highest BCUT2D eigenvalue weighted by Gasteiger charge is 2.22. The van der Waals surface area contributed by atoms with Crippen LogP contribution in [0.3, 0.4) is 0 Å². The van der Waals surface area contributed by atoms with Crippen molar-refractivity contribution in [2.75, 3.05) is 5.32 Å². The third-order valence-corrected chi connectivity index (χ3v) is 5.22. The van der Waals surface area contributed by atoms with Crippen LogP contribution in [0.4, 0.5) is 10.2 Å². The van der Waals surface area contributed by atoms with Crippen molar-refractivity contribution < 1.29 is 18.4 Å². The Balaban J connectivity index is 1.48. The number of rotatable bonds is 7. The molecule has 0 bridgehead atoms. The molecule has 9 heteroatoms. The quantitative estimate of drug-likeness (QED) is 0.417. The molecule has 0 aliphatic rings. The number of carbonyl (C=O) groups excluding carboxylic acids is 1. The second kappa shape index (κ2) is 9.23. The molecule has 1 N–H and O–H groups in total. The summed E-state index contributed by atoms with van der Waals surface area (Å²) in [5.41, 5.74) is 1.87. The number of aryl methyl sites for hydroxylation is 2. The second-order valence-electron chi connectivity index (χ2n) is 7.16. The van der Waals surface area contributed by atoms with Crippen molar-refractivity contribution in [3.63, 3.8) is 0 Å². The number of carbonyl (C=O) groups is 1. The van der Waals surface area contributed by atoms with Crippen molar-refractivity contribution in [3.8, 4) is 5.75 Å². The van der Waals surface area contributed by atoms with Gasteiger partial charge in [-0.15, -0.1) is 0 Å². The first-order chi connectivity index (χ1) is 15.4. The normalized spacial score (nSPS) is 10.9. The fraction of sp³-hybridized carbons (Fsp3) is 0.174. The first kappa shape index (κ1) is 21.6. The van der Waals surface area contributed by atoms with Gasteiger partial charge >= 0.3 is 0 Å². The molecule has 0 spiro atoms. The molecule has 1 amide bonds. The van der Waals surface area contributed by atoms with E-state index in [0.29, 0.717) is 33.5 Å². The minimum atomic E-state index is -0.491. The zero-order valence-electron chi connectivity index (χ0n) is 17.4. The second-order valence-corrected chi connectivity index (χ2v) is 7.57. The van der Waals surface area contributed by atoms with Crippen molar-refractivity contribution in [3.05, 3.63) is 93.7 Å². The van der Waals surface area contributed by atoms with Crippen LogP contribution in [0.25, 0.3) is 0 Å². The highest BCUT2D eigenvalue weighted by molar-refractivity contribution is 6.32. The summed E-state index contributed by atoms with van der Waals surface area (Å²) in [6.45, 7) is 3.83. The SMILES string of the molecule is Cc1onc(C(=O)Nc2cc(C)n(Cc3ccccc3F)n2)c1COc1ccccc1Cl. The molecule has 0 unspecified atom stereocenters. The number of para-hydroxylation sites is 1. The smallest absolute Gasteiger partial charge is 0.279 e. The minimum Gasteiger partial charge on any atom is -0.487 e. The predicted octanol–water partition coefficient (Wildman–Crippen LogP) is 5.16. The lowest BCUT2D eigenvalue weighted by atomic mass is 10.2. The van der Waals surface area contributed by atoms with Crippen LogP contribution in [0.15, 0.2) is 59.1 Å². The molecule has 2 aromatic heterocycles. The number of hydrogen-bond donors (Lipinski definition) is 1. The fourth-order valence-corrected chi connectivity index (χ4v) is 3.34. The summed E-state index contributed by atoms with van der Waals surface area (Å²) in [5.74, 6) is 0.471. The van der Waals surface area contributed by atoms with Gasteiger partial charge in [0.05, 0.1) is 17.1 Å². The lowest BCUT2D eigenvalue weighted by Crippen LogP contribution is -2.16. The van der Waals surface area contributed by atoms with Gasteiger partial charge in [-0.1, -0.05) is 47.1 Å². The van der Waals surface area contributed by atoms with Gasteiger partial charge in [-0.25, -0.2) is 4.39 Å². The van der Waals surface area contributed by atoms with Gasteiger partial charge in [0.25, 0.3) is 5.91 Å². The molecule has 2 aromatic carbocycles. The number of nitrogens with zero attached hydrogens (tertiary/aromatic N) is 3. The molecule has 0 radical (unpaired) electrons. The maximum atomic E-state index is 14.0. The average Bonchev–Trinajstić information content (AvgIpc) is 3.31. The maximum absolute atomic E-state index is 14.0. The van der Waals surface area contributed by atoms with E-state index in [-0.39, 0.29) is 24.7 Å². The first-order valence-corrected chi connectivity index (χ1v) is 10.2. The molecule has 0 aliphatic heterocycles. The van der Waals surface area contributed by atoms with E-state index >= 15 is 0 Å². The zero-order valence-corrected chi connectivity index (χ0v) is 18.2. The van der Waals surface area contributed by atoms with Gasteiger partial charge in [-0.3, -0.25) is 9.48 Å². The molecule has 32 heavy (non-hydrogen) atoms. The van der Waals surface area contributed by atoms with Crippen molar-refractivity contribution in [2.24, 2.45) is 0 Å². The van der Waals surface area contributed by atoms with E-state index in [0.717, 1.165) is 5.69 Å². The largest absolute Gasteiger partial charge is 0.487 e. The van der Waals surface area contributed by atoms with Crippen LogP contribution in [-0.4, -0.2) is 20.8 Å². The average molecular weight is 455 g/mol. The molecule has 0 aliphatic carbocycles. The lowest BCUT2D eigenvalue weighted by Gasteiger charge is -2.08. The maximum Gasteiger partial charge on any atom is 0.279 e. The van der Waals surface area contributed by atoms with Crippen LogP contribution in [0.1, 0.15) is 33.1 Å². The van der Waals surface area contributed by atoms with E-state index in [1.807, 2.05) is 6.92 Å². The number of ether oxygens (including phenoxy) is 1. The van der Waals surface area contributed by atoms with E-state index in [2.05, 4.69) is 15.6 Å². The van der Waals surface area contributed by atoms with Gasteiger partial charge in [0, 0.05) is 17.3 Å². The summed E-state index contributed by atoms with van der Waals surface area (Å²) in [4.78, 5) is 12.8. The summed E-state index contributed by atoms with van der Waals surface area (Å²) in [6, 6.07) is 15.2. The standard InChI is InChI=1S/C23H20ClFN4O3/c1-14-11-21(27-29(14)12-16-7-3-5-9-19(16)25)26-23(30)22-17(15(2)32-28-22)13-31-20-10-6-4-8-18(20)24/h3-11H,12-13H2,1-2H3,(H,26,27,30). The van der Waals surface area contributed by atoms with Gasteiger partial charge in [-0.05, 0) is 32.0 Å². The van der Waals surface area contributed by atoms with Gasteiger partial charge in [-0.2, -0.15) is 5.10 Å². The van der Waals surface area contributed by atoms with E-state index in [1.54, 1.807) is 60.1 Å². The predicted molar refractivity (Wildman–Crippen MR) is 117 cm³/mol. The Bertz CT molecular complexity index is 1270. The molecular formula is C23H20ClFN4O3. The summed E-state index contributed by atoms with van der Waals surface area (Å²) < 4.78 is 26.5. The Hall–Kier alpha value is -3.65. The van der Waals surface area contributed by atoms with Gasteiger partial charge in [0.2, 0.25) is 0 Å². The van der Waals surface area contributed by atoms with Crippen molar-refractivity contribution in [1.29, 1.82) is 0 Å². The fourth-order valence-electron chi connectivity index (χ4n) is 3.15. The van der Waals surface area contributed by atoms with Gasteiger partial charge in [0.1, 0.15) is 23.9 Å². The molecule has 0 saturated heterocycles. The van der Waals surface area contributed by atoms with Crippen LogP contribution in [0, 0.1) is 19.7 Å². The third kappa shape index (κ3) is 4.65. The minimum absolute atomic E-state index is 0.0581. The summed E-state index contributed by atoms with van der Waals surface area (Å²) in [6.07, 6.45) is 0. The monoisotopic (exact) mass is 454 g/mol. The van der Waals surface area contributed by atoms with Crippen LogP contribution in [-0.2, 0) is 13.2 Å². The summed E-state index contributed by atoms with van der Waals surface area (Å²) >= 11 is 6.12. The molecule has 2 heterocycles. The number of anilines is 1. The number of benzene rings is 2. The molecule has 164 valence electrons. The van der Waals surface area contributed by atoms with Gasteiger partial charge < -0.3 is 14.6 Å². The Morgan fingerprint density at radius 2 is 1.94 bits per heavy atom. The van der Waals surface area contributed by atoms with E-state index in [9.17, 15) is 9.18 Å². The third-order valence-electron chi connectivity index (χ3n) is 4.91. The van der Waals surface area contributed by atoms with Crippen molar-refractivity contribution in [2.45, 2.75) is 27.0 Å². The zero-order chi connectivity index (χ0) is 22.7. The summed E-state index contributed by atoms with van der Waals surface area (Å²) in [5, 5.41) is 11.4. The Morgan fingerprint density at radius 3 is 2.72 bits per heavy atom. The van der Waals surface area contributed by atoms with E-state index in [1.165, 1.54) is 6.07 Å². The number of hydrogen-bond acceptors (Lipinski definition) is 5. The van der Waals surface area contributed by atoms with Crippen LogP contribution in [0.2, 0.25) is 5.02 Å². The lowest BCUT2D eigenvalue weighted by molar-refractivity contribution is 0.101. The number of aromatic nitrogens is 3. The molecule has 0 fully saturated rings. The Kier molecular flexibility index (Phi) is 6.23. The molecule has 7 nitrogen and oxygen atoms in total. The van der Waals surface area contributed by atoms with Crippen molar-refractivity contribution >= 4 is 23.3 Å². The Labute approximate surface area is 188 Å². The molecular weight excluding hydrogens is 435 g/mol. The first-order valence-electron chi connectivity index (χ1n) is 9.84. The highest BCUT2D eigenvalue weighted by Crippen LogP contribution is 2.25. The van der Waals surface area contributed by atoms with E-state index in [4.69, 9.17) is 20.9 Å². The van der Waals surface area contributed by atoms with Crippen LogP contribution in [0.5, 0.6) is 5.75 Å². The Morgan fingerprint density at radius 1 is 1.19 bits per heavy atom. The number of nitrogens with one attached hydrogen (secondary N) is 1. The molecule has 0 atom stereocenters. The number of amides is 1. The van der Waals surface area contributed by atoms with Crippen LogP contribution < -0.4 is 10.1 Å².